The Labute approximate surface area is 101 Å². The van der Waals surface area contributed by atoms with Gasteiger partial charge in [-0.15, -0.1) is 0 Å². The minimum atomic E-state index is -1.27. The van der Waals surface area contributed by atoms with Crippen LogP contribution < -0.4 is 4.74 Å². The fourth-order valence-corrected chi connectivity index (χ4v) is 2.38. The molecule has 1 heterocycles. The lowest BCUT2D eigenvalue weighted by Crippen LogP contribution is -2.34. The molecule has 1 aliphatic rings. The van der Waals surface area contributed by atoms with Crippen molar-refractivity contribution in [2.45, 2.75) is 38.8 Å². The molecule has 0 saturated carbocycles. The molecule has 88 valence electrons. The standard InChI is InChI=1S/C13H16ClFO/c1-8(2)10-4-9-6-13(3,15)7-16-12(9)5-11(10)14/h4-5,8H,6-7H2,1-3H3. The van der Waals surface area contributed by atoms with E-state index in [-0.39, 0.29) is 6.61 Å². The second-order valence-corrected chi connectivity index (χ2v) is 5.42. The maximum absolute atomic E-state index is 13.8. The van der Waals surface area contributed by atoms with Crippen molar-refractivity contribution in [1.82, 2.24) is 0 Å². The number of fused-ring (bicyclic) bond motifs is 1. The van der Waals surface area contributed by atoms with Gasteiger partial charge in [0.1, 0.15) is 18.0 Å². The molecule has 0 aromatic heterocycles. The normalized spacial score (nSPS) is 24.1. The Kier molecular flexibility index (Phi) is 2.87. The second-order valence-electron chi connectivity index (χ2n) is 5.01. The predicted octanol–water partition coefficient (Wildman–Crippen LogP) is 4.13. The molecule has 3 heteroatoms. The molecule has 0 N–H and O–H groups in total. The number of ether oxygens (including phenoxy) is 1. The van der Waals surface area contributed by atoms with Crippen LogP contribution in [-0.2, 0) is 6.42 Å². The zero-order valence-electron chi connectivity index (χ0n) is 9.81. The van der Waals surface area contributed by atoms with Gasteiger partial charge in [0, 0.05) is 11.4 Å². The highest BCUT2D eigenvalue weighted by Gasteiger charge is 2.31. The van der Waals surface area contributed by atoms with E-state index in [0.717, 1.165) is 16.9 Å². The van der Waals surface area contributed by atoms with Crippen molar-refractivity contribution in [2.75, 3.05) is 6.61 Å². The highest BCUT2D eigenvalue weighted by molar-refractivity contribution is 6.31. The quantitative estimate of drug-likeness (QED) is 0.720. The topological polar surface area (TPSA) is 9.23 Å². The summed E-state index contributed by atoms with van der Waals surface area (Å²) in [5, 5.41) is 0.705. The Balaban J connectivity index is 2.44. The van der Waals surface area contributed by atoms with Crippen LogP contribution >= 0.6 is 11.6 Å². The van der Waals surface area contributed by atoms with Gasteiger partial charge in [0.15, 0.2) is 0 Å². The molecule has 1 aromatic carbocycles. The molecule has 0 spiro atoms. The molecule has 0 bridgehead atoms. The van der Waals surface area contributed by atoms with Gasteiger partial charge in [0.25, 0.3) is 0 Å². The lowest BCUT2D eigenvalue weighted by molar-refractivity contribution is 0.0844. The fraction of sp³-hybridized carbons (Fsp3) is 0.538. The van der Waals surface area contributed by atoms with Crippen LogP contribution in [-0.4, -0.2) is 12.3 Å². The van der Waals surface area contributed by atoms with Crippen LogP contribution in [0.4, 0.5) is 4.39 Å². The number of hydrogen-bond donors (Lipinski definition) is 0. The van der Waals surface area contributed by atoms with Gasteiger partial charge in [0.2, 0.25) is 0 Å². The Morgan fingerprint density at radius 1 is 1.44 bits per heavy atom. The lowest BCUT2D eigenvalue weighted by Gasteiger charge is -2.29. The first-order valence-corrected chi connectivity index (χ1v) is 5.91. The third-order valence-corrected chi connectivity index (χ3v) is 3.22. The molecule has 2 rings (SSSR count). The van der Waals surface area contributed by atoms with E-state index in [2.05, 4.69) is 13.8 Å². The van der Waals surface area contributed by atoms with Crippen LogP contribution in [0.1, 0.15) is 37.8 Å². The van der Waals surface area contributed by atoms with Crippen molar-refractivity contribution in [3.8, 4) is 5.75 Å². The largest absolute Gasteiger partial charge is 0.490 e. The number of rotatable bonds is 1. The fourth-order valence-electron chi connectivity index (χ4n) is 2.01. The van der Waals surface area contributed by atoms with E-state index in [1.807, 2.05) is 12.1 Å². The van der Waals surface area contributed by atoms with Crippen molar-refractivity contribution >= 4 is 11.6 Å². The van der Waals surface area contributed by atoms with Crippen LogP contribution in [0, 0.1) is 0 Å². The summed E-state index contributed by atoms with van der Waals surface area (Å²) in [4.78, 5) is 0. The average Bonchev–Trinajstić information content (AvgIpc) is 2.16. The average molecular weight is 243 g/mol. The molecule has 0 saturated heterocycles. The first-order chi connectivity index (χ1) is 7.39. The summed E-state index contributed by atoms with van der Waals surface area (Å²) in [6.07, 6.45) is 0.402. The van der Waals surface area contributed by atoms with E-state index >= 15 is 0 Å². The van der Waals surface area contributed by atoms with Gasteiger partial charge in [-0.2, -0.15) is 0 Å². The Morgan fingerprint density at radius 2 is 2.12 bits per heavy atom. The molecular formula is C13H16ClFO. The van der Waals surface area contributed by atoms with Gasteiger partial charge < -0.3 is 4.74 Å². The maximum Gasteiger partial charge on any atom is 0.146 e. The molecule has 0 amide bonds. The molecule has 1 nitrogen and oxygen atoms in total. The van der Waals surface area contributed by atoms with Crippen molar-refractivity contribution < 1.29 is 9.13 Å². The minimum absolute atomic E-state index is 0.108. The molecular weight excluding hydrogens is 227 g/mol. The van der Waals surface area contributed by atoms with E-state index < -0.39 is 5.67 Å². The van der Waals surface area contributed by atoms with Crippen molar-refractivity contribution in [3.63, 3.8) is 0 Å². The number of hydrogen-bond acceptors (Lipinski definition) is 1. The summed E-state index contributed by atoms with van der Waals surface area (Å²) in [6, 6.07) is 3.78. The second kappa shape index (κ2) is 3.92. The van der Waals surface area contributed by atoms with E-state index in [9.17, 15) is 4.39 Å². The summed E-state index contributed by atoms with van der Waals surface area (Å²) in [7, 11) is 0. The molecule has 1 aliphatic heterocycles. The summed E-state index contributed by atoms with van der Waals surface area (Å²) in [5.41, 5.74) is 0.709. The molecule has 0 radical (unpaired) electrons. The van der Waals surface area contributed by atoms with E-state index in [1.54, 1.807) is 6.92 Å². The van der Waals surface area contributed by atoms with Crippen LogP contribution in [0.2, 0.25) is 5.02 Å². The summed E-state index contributed by atoms with van der Waals surface area (Å²) >= 11 is 6.15. The first-order valence-electron chi connectivity index (χ1n) is 5.53. The molecule has 1 unspecified atom stereocenters. The minimum Gasteiger partial charge on any atom is -0.490 e. The van der Waals surface area contributed by atoms with Crippen LogP contribution in [0.3, 0.4) is 0 Å². The van der Waals surface area contributed by atoms with Crippen molar-refractivity contribution in [1.29, 1.82) is 0 Å². The van der Waals surface area contributed by atoms with Gasteiger partial charge in [-0.05, 0) is 30.0 Å². The van der Waals surface area contributed by atoms with Crippen molar-refractivity contribution in [3.05, 3.63) is 28.3 Å². The number of benzene rings is 1. The van der Waals surface area contributed by atoms with E-state index in [1.165, 1.54) is 0 Å². The van der Waals surface area contributed by atoms with Gasteiger partial charge in [-0.1, -0.05) is 31.5 Å². The van der Waals surface area contributed by atoms with Gasteiger partial charge in [-0.25, -0.2) is 4.39 Å². The third-order valence-electron chi connectivity index (χ3n) is 2.89. The number of halogens is 2. The Hall–Kier alpha value is -0.760. The summed E-state index contributed by atoms with van der Waals surface area (Å²) < 4.78 is 19.2. The smallest absolute Gasteiger partial charge is 0.146 e. The first kappa shape index (κ1) is 11.7. The highest BCUT2D eigenvalue weighted by atomic mass is 35.5. The summed E-state index contributed by atoms with van der Waals surface area (Å²) in [6.45, 7) is 5.83. The van der Waals surface area contributed by atoms with E-state index in [4.69, 9.17) is 16.3 Å². The van der Waals surface area contributed by atoms with Crippen LogP contribution in [0.5, 0.6) is 5.75 Å². The van der Waals surface area contributed by atoms with Crippen LogP contribution in [0.25, 0.3) is 0 Å². The van der Waals surface area contributed by atoms with E-state index in [0.29, 0.717) is 17.4 Å². The molecule has 16 heavy (non-hydrogen) atoms. The van der Waals surface area contributed by atoms with Gasteiger partial charge in [0.05, 0.1) is 0 Å². The van der Waals surface area contributed by atoms with Gasteiger partial charge >= 0.3 is 0 Å². The molecule has 0 aliphatic carbocycles. The summed E-state index contributed by atoms with van der Waals surface area (Å²) in [5.74, 6) is 1.06. The number of alkyl halides is 1. The van der Waals surface area contributed by atoms with Crippen molar-refractivity contribution in [2.24, 2.45) is 0 Å². The lowest BCUT2D eigenvalue weighted by atomic mass is 9.92. The molecule has 0 fully saturated rings. The van der Waals surface area contributed by atoms with Crippen LogP contribution in [0.15, 0.2) is 12.1 Å². The SMILES string of the molecule is CC(C)c1cc2c(cc1Cl)OCC(C)(F)C2. The molecule has 1 aromatic rings. The third kappa shape index (κ3) is 2.17. The van der Waals surface area contributed by atoms with Gasteiger partial charge in [-0.3, -0.25) is 0 Å². The maximum atomic E-state index is 13.8. The molecule has 1 atom stereocenters. The predicted molar refractivity (Wildman–Crippen MR) is 64.3 cm³/mol. The Morgan fingerprint density at radius 3 is 2.75 bits per heavy atom. The highest BCUT2D eigenvalue weighted by Crippen LogP contribution is 2.37. The Bertz CT molecular complexity index is 413. The zero-order valence-corrected chi connectivity index (χ0v) is 10.6. The monoisotopic (exact) mass is 242 g/mol. The zero-order chi connectivity index (χ0) is 11.9.